The molecule has 2 aromatic rings. The molecule has 142 valence electrons. The molecule has 2 rings (SSSR count). The van der Waals surface area contributed by atoms with Gasteiger partial charge in [-0.3, -0.25) is 9.59 Å². The van der Waals surface area contributed by atoms with Gasteiger partial charge in [0.15, 0.2) is 6.61 Å². The third kappa shape index (κ3) is 6.47. The van der Waals surface area contributed by atoms with Gasteiger partial charge in [0.25, 0.3) is 5.91 Å². The van der Waals surface area contributed by atoms with Crippen LogP contribution in [0.4, 0.5) is 0 Å². The number of benzene rings is 2. The molecule has 0 aliphatic rings. The van der Waals surface area contributed by atoms with Crippen LogP contribution in [0.3, 0.4) is 0 Å². The Kier molecular flexibility index (Phi) is 7.37. The summed E-state index contributed by atoms with van der Waals surface area (Å²) in [4.78, 5) is 36.3. The Morgan fingerprint density at radius 3 is 2.30 bits per heavy atom. The van der Waals surface area contributed by atoms with Crippen LogP contribution in [-0.2, 0) is 20.9 Å². The highest BCUT2D eigenvalue weighted by Crippen LogP contribution is 2.15. The monoisotopic (exact) mass is 370 g/mol. The van der Waals surface area contributed by atoms with Crippen LogP contribution < -0.4 is 10.1 Å². The number of nitrogens with zero attached hydrogens (tertiary/aromatic N) is 1. The van der Waals surface area contributed by atoms with Crippen molar-refractivity contribution in [2.75, 3.05) is 27.2 Å². The smallest absolute Gasteiger partial charge is 0.338 e. The molecule has 0 heterocycles. The molecule has 1 N–H and O–H groups in total. The molecule has 0 saturated heterocycles. The second-order valence-electron chi connectivity index (χ2n) is 5.80. The lowest BCUT2D eigenvalue weighted by Crippen LogP contribution is -2.39. The summed E-state index contributed by atoms with van der Waals surface area (Å²) in [6.45, 7) is -0.101. The van der Waals surface area contributed by atoms with E-state index >= 15 is 0 Å². The average Bonchev–Trinajstić information content (AvgIpc) is 2.71. The van der Waals surface area contributed by atoms with Crippen molar-refractivity contribution < 1.29 is 23.9 Å². The predicted octanol–water partition coefficient (Wildman–Crippen LogP) is 1.63. The number of carbonyl (C=O) groups is 3. The minimum Gasteiger partial charge on any atom is -0.489 e. The molecule has 0 bridgehead atoms. The van der Waals surface area contributed by atoms with Crippen LogP contribution in [0.1, 0.15) is 15.9 Å². The van der Waals surface area contributed by atoms with Gasteiger partial charge in [0, 0.05) is 14.1 Å². The molecule has 7 heteroatoms. The van der Waals surface area contributed by atoms with Crippen molar-refractivity contribution in [1.29, 1.82) is 0 Å². The predicted molar refractivity (Wildman–Crippen MR) is 99.2 cm³/mol. The van der Waals surface area contributed by atoms with Crippen molar-refractivity contribution in [3.8, 4) is 5.75 Å². The van der Waals surface area contributed by atoms with Crippen molar-refractivity contribution in [2.24, 2.45) is 0 Å². The van der Waals surface area contributed by atoms with Crippen LogP contribution in [-0.4, -0.2) is 49.9 Å². The lowest BCUT2D eigenvalue weighted by molar-refractivity contribution is -0.137. The van der Waals surface area contributed by atoms with Crippen LogP contribution in [0.15, 0.2) is 54.6 Å². The maximum absolute atomic E-state index is 12.0. The molecule has 0 atom stereocenters. The Labute approximate surface area is 157 Å². The number of carbonyl (C=O) groups excluding carboxylic acids is 3. The van der Waals surface area contributed by atoms with Crippen molar-refractivity contribution in [3.05, 3.63) is 65.7 Å². The van der Waals surface area contributed by atoms with Gasteiger partial charge in [-0.1, -0.05) is 30.3 Å². The van der Waals surface area contributed by atoms with E-state index in [1.807, 2.05) is 30.3 Å². The Morgan fingerprint density at radius 1 is 1.00 bits per heavy atom. The summed E-state index contributed by atoms with van der Waals surface area (Å²) in [5.41, 5.74) is 1.35. The summed E-state index contributed by atoms with van der Waals surface area (Å²) in [7, 11) is 2.94. The molecule has 0 unspecified atom stereocenters. The fourth-order valence-electron chi connectivity index (χ4n) is 2.13. The first kappa shape index (κ1) is 20.0. The molecule has 0 fully saturated rings. The van der Waals surface area contributed by atoms with Crippen LogP contribution in [0.2, 0.25) is 0 Å². The minimum absolute atomic E-state index is 0.0969. The molecule has 0 saturated carbocycles. The standard InChI is InChI=1S/C20H22N2O5/c1-21-18(23)12-22(2)19(24)14-27-20(25)16-8-10-17(11-9-16)26-13-15-6-4-3-5-7-15/h3-11H,12-14H2,1-2H3,(H,21,23). The summed E-state index contributed by atoms with van der Waals surface area (Å²) in [5, 5.41) is 2.42. The summed E-state index contributed by atoms with van der Waals surface area (Å²) in [6.07, 6.45) is 0. The molecular weight excluding hydrogens is 348 g/mol. The minimum atomic E-state index is -0.619. The molecule has 0 spiro atoms. The Balaban J connectivity index is 1.81. The molecule has 0 aliphatic carbocycles. The maximum Gasteiger partial charge on any atom is 0.338 e. The zero-order chi connectivity index (χ0) is 19.6. The fraction of sp³-hybridized carbons (Fsp3) is 0.250. The maximum atomic E-state index is 12.0. The van der Waals surface area contributed by atoms with Gasteiger partial charge in [-0.2, -0.15) is 0 Å². The van der Waals surface area contributed by atoms with E-state index in [4.69, 9.17) is 9.47 Å². The topological polar surface area (TPSA) is 84.9 Å². The highest BCUT2D eigenvalue weighted by atomic mass is 16.5. The molecule has 7 nitrogen and oxygen atoms in total. The van der Waals surface area contributed by atoms with Gasteiger partial charge in [-0.15, -0.1) is 0 Å². The van der Waals surface area contributed by atoms with E-state index in [1.54, 1.807) is 24.3 Å². The van der Waals surface area contributed by atoms with Crippen molar-refractivity contribution in [3.63, 3.8) is 0 Å². The van der Waals surface area contributed by atoms with E-state index in [9.17, 15) is 14.4 Å². The van der Waals surface area contributed by atoms with E-state index in [1.165, 1.54) is 19.0 Å². The Bertz CT molecular complexity index is 775. The largest absolute Gasteiger partial charge is 0.489 e. The van der Waals surface area contributed by atoms with Crippen LogP contribution in [0.25, 0.3) is 0 Å². The normalized spacial score (nSPS) is 10.0. The van der Waals surface area contributed by atoms with Crippen molar-refractivity contribution >= 4 is 17.8 Å². The van der Waals surface area contributed by atoms with E-state index in [2.05, 4.69) is 5.32 Å². The van der Waals surface area contributed by atoms with Gasteiger partial charge < -0.3 is 19.7 Å². The van der Waals surface area contributed by atoms with Crippen LogP contribution in [0, 0.1) is 0 Å². The van der Waals surface area contributed by atoms with Gasteiger partial charge in [0.2, 0.25) is 5.91 Å². The summed E-state index contributed by atoms with van der Waals surface area (Å²) >= 11 is 0. The molecule has 0 aromatic heterocycles. The number of hydrogen-bond acceptors (Lipinski definition) is 5. The number of nitrogens with one attached hydrogen (secondary N) is 1. The second-order valence-corrected chi connectivity index (χ2v) is 5.80. The molecule has 27 heavy (non-hydrogen) atoms. The number of rotatable bonds is 8. The number of ether oxygens (including phenoxy) is 2. The second kappa shape index (κ2) is 9.96. The zero-order valence-corrected chi connectivity index (χ0v) is 15.3. The van der Waals surface area contributed by atoms with Crippen LogP contribution in [0.5, 0.6) is 5.75 Å². The first-order valence-electron chi connectivity index (χ1n) is 8.38. The highest BCUT2D eigenvalue weighted by molar-refractivity contribution is 5.92. The molecule has 0 radical (unpaired) electrons. The van der Waals surface area contributed by atoms with Gasteiger partial charge in [0.1, 0.15) is 12.4 Å². The summed E-state index contributed by atoms with van der Waals surface area (Å²) < 4.78 is 10.6. The van der Waals surface area contributed by atoms with Crippen molar-refractivity contribution in [1.82, 2.24) is 10.2 Å². The molecule has 2 amide bonds. The van der Waals surface area contributed by atoms with Crippen LogP contribution >= 0.6 is 0 Å². The van der Waals surface area contributed by atoms with Crippen molar-refractivity contribution in [2.45, 2.75) is 6.61 Å². The van der Waals surface area contributed by atoms with Gasteiger partial charge in [0.05, 0.1) is 12.1 Å². The quantitative estimate of drug-likeness (QED) is 0.714. The third-order valence-corrected chi connectivity index (χ3v) is 3.75. The zero-order valence-electron chi connectivity index (χ0n) is 15.3. The Morgan fingerprint density at radius 2 is 1.67 bits per heavy atom. The van der Waals surface area contributed by atoms with E-state index in [0.717, 1.165) is 5.56 Å². The van der Waals surface area contributed by atoms with E-state index < -0.39 is 18.5 Å². The summed E-state index contributed by atoms with van der Waals surface area (Å²) in [6, 6.07) is 16.2. The fourth-order valence-corrected chi connectivity index (χ4v) is 2.13. The molecular formula is C20H22N2O5. The van der Waals surface area contributed by atoms with Gasteiger partial charge in [-0.05, 0) is 29.8 Å². The summed E-state index contributed by atoms with van der Waals surface area (Å²) in [5.74, 6) is -0.763. The number of esters is 1. The average molecular weight is 370 g/mol. The van der Waals surface area contributed by atoms with E-state index in [-0.39, 0.29) is 12.5 Å². The highest BCUT2D eigenvalue weighted by Gasteiger charge is 2.15. The molecule has 0 aliphatic heterocycles. The number of likely N-dealkylation sites (N-methyl/N-ethyl adjacent to an activating group) is 2. The Hall–Kier alpha value is -3.35. The lowest BCUT2D eigenvalue weighted by atomic mass is 10.2. The van der Waals surface area contributed by atoms with E-state index in [0.29, 0.717) is 17.9 Å². The lowest BCUT2D eigenvalue weighted by Gasteiger charge is -2.15. The number of hydrogen-bond donors (Lipinski definition) is 1. The SMILES string of the molecule is CNC(=O)CN(C)C(=O)COC(=O)c1ccc(OCc2ccccc2)cc1. The first-order valence-corrected chi connectivity index (χ1v) is 8.38. The number of amides is 2. The third-order valence-electron chi connectivity index (χ3n) is 3.75. The van der Waals surface area contributed by atoms with Gasteiger partial charge in [-0.25, -0.2) is 4.79 Å². The molecule has 2 aromatic carbocycles. The first-order chi connectivity index (χ1) is 13.0. The van der Waals surface area contributed by atoms with Gasteiger partial charge >= 0.3 is 5.97 Å².